The average Bonchev–Trinajstić information content (AvgIpc) is 1.92. The summed E-state index contributed by atoms with van der Waals surface area (Å²) in [4.78, 5) is 3.57. The summed E-state index contributed by atoms with van der Waals surface area (Å²) in [6, 6.07) is 1.17. The molecule has 0 aliphatic carbocycles. The van der Waals surface area contributed by atoms with Crippen molar-refractivity contribution in [1.29, 1.82) is 0 Å². The summed E-state index contributed by atoms with van der Waals surface area (Å²) >= 11 is 8.45. The summed E-state index contributed by atoms with van der Waals surface area (Å²) in [5.74, 6) is 0. The van der Waals surface area contributed by atoms with Gasteiger partial charge in [-0.2, -0.15) is 0 Å². The van der Waals surface area contributed by atoms with Crippen LogP contribution >= 0.6 is 38.2 Å². The van der Waals surface area contributed by atoms with Crippen LogP contribution in [0.4, 0.5) is 0 Å². The van der Waals surface area contributed by atoms with Crippen molar-refractivity contribution in [2.24, 2.45) is 0 Å². The zero-order valence-corrected chi connectivity index (χ0v) is 9.37. The van der Waals surface area contributed by atoms with Crippen LogP contribution in [0.5, 0.6) is 0 Å². The van der Waals surface area contributed by atoms with E-state index in [2.05, 4.69) is 20.9 Å². The number of hydrogen-bond donors (Lipinski definition) is 0. The van der Waals surface area contributed by atoms with Gasteiger partial charge in [0, 0.05) is 16.9 Å². The van der Waals surface area contributed by atoms with Gasteiger partial charge in [0.2, 0.25) is 0 Å². The van der Waals surface area contributed by atoms with E-state index in [-0.39, 0.29) is 10.0 Å². The third-order valence-corrected chi connectivity index (χ3v) is 3.51. The third kappa shape index (κ3) is 2.32. The van der Waals surface area contributed by atoms with E-state index in [9.17, 15) is 8.42 Å². The molecule has 66 valence electrons. The summed E-state index contributed by atoms with van der Waals surface area (Å²) < 4.78 is 22.0. The molecule has 7 heteroatoms. The first-order valence-electron chi connectivity index (χ1n) is 2.67. The van der Waals surface area contributed by atoms with E-state index in [0.29, 0.717) is 4.47 Å². The average molecular weight is 291 g/mol. The minimum Gasteiger partial charge on any atom is -0.243 e. The SMILES string of the molecule is O=S(=O)(Cl)c1cc(Cl)ncc1Br. The van der Waals surface area contributed by atoms with Crippen LogP contribution in [0.25, 0.3) is 0 Å². The van der Waals surface area contributed by atoms with E-state index in [1.165, 1.54) is 12.3 Å². The van der Waals surface area contributed by atoms with E-state index in [4.69, 9.17) is 22.3 Å². The second kappa shape index (κ2) is 3.49. The van der Waals surface area contributed by atoms with Gasteiger partial charge in [0.15, 0.2) is 0 Å². The van der Waals surface area contributed by atoms with Crippen LogP contribution in [-0.4, -0.2) is 13.4 Å². The first-order chi connectivity index (χ1) is 5.41. The molecule has 0 fully saturated rings. The summed E-state index contributed by atoms with van der Waals surface area (Å²) in [6.45, 7) is 0. The van der Waals surface area contributed by atoms with Crippen molar-refractivity contribution in [2.75, 3.05) is 0 Å². The zero-order chi connectivity index (χ0) is 9.35. The number of aromatic nitrogens is 1. The molecule has 0 spiro atoms. The molecule has 0 saturated heterocycles. The fourth-order valence-corrected chi connectivity index (χ4v) is 2.86. The van der Waals surface area contributed by atoms with Crippen LogP contribution in [0.15, 0.2) is 21.6 Å². The van der Waals surface area contributed by atoms with E-state index in [1.54, 1.807) is 0 Å². The first-order valence-corrected chi connectivity index (χ1v) is 6.15. The highest BCUT2D eigenvalue weighted by atomic mass is 79.9. The van der Waals surface area contributed by atoms with Crippen molar-refractivity contribution in [1.82, 2.24) is 4.98 Å². The molecule has 1 aromatic heterocycles. The van der Waals surface area contributed by atoms with Gasteiger partial charge in [-0.3, -0.25) is 0 Å². The van der Waals surface area contributed by atoms with Gasteiger partial charge in [0.1, 0.15) is 10.0 Å². The molecule has 0 aliphatic rings. The Balaban J connectivity index is 3.43. The standard InChI is InChI=1S/C5H2BrCl2NO2S/c6-3-2-9-5(7)1-4(3)12(8,10)11/h1-2H. The molecule has 0 bridgehead atoms. The summed E-state index contributed by atoms with van der Waals surface area (Å²) in [5, 5.41) is 0.0809. The fourth-order valence-electron chi connectivity index (χ4n) is 0.583. The Labute approximate surface area is 87.3 Å². The van der Waals surface area contributed by atoms with Crippen LogP contribution < -0.4 is 0 Å². The Bertz CT molecular complexity index is 406. The van der Waals surface area contributed by atoms with Crippen LogP contribution in [-0.2, 0) is 9.05 Å². The van der Waals surface area contributed by atoms with Crippen LogP contribution in [0.2, 0.25) is 5.15 Å². The van der Waals surface area contributed by atoms with Gasteiger partial charge in [0.25, 0.3) is 9.05 Å². The molecule has 1 rings (SSSR count). The lowest BCUT2D eigenvalue weighted by molar-refractivity contribution is 0.609. The predicted octanol–water partition coefficient (Wildman–Crippen LogP) is 2.42. The summed E-state index contributed by atoms with van der Waals surface area (Å²) in [7, 11) is 1.34. The van der Waals surface area contributed by atoms with Crippen molar-refractivity contribution in [2.45, 2.75) is 4.90 Å². The lowest BCUT2D eigenvalue weighted by Crippen LogP contribution is -1.92. The van der Waals surface area contributed by atoms with Crippen molar-refractivity contribution in [3.63, 3.8) is 0 Å². The van der Waals surface area contributed by atoms with E-state index >= 15 is 0 Å². The molecule has 3 nitrogen and oxygen atoms in total. The largest absolute Gasteiger partial charge is 0.262 e. The Kier molecular flexibility index (Phi) is 2.98. The van der Waals surface area contributed by atoms with Crippen LogP contribution in [0.3, 0.4) is 0 Å². The molecule has 0 amide bonds. The maximum Gasteiger partial charge on any atom is 0.262 e. The first kappa shape index (κ1) is 10.2. The van der Waals surface area contributed by atoms with Crippen LogP contribution in [0.1, 0.15) is 0 Å². The Morgan fingerprint density at radius 1 is 1.50 bits per heavy atom. The number of halogens is 3. The summed E-state index contributed by atoms with van der Waals surface area (Å²) in [6.07, 6.45) is 1.28. The lowest BCUT2D eigenvalue weighted by atomic mass is 10.5. The van der Waals surface area contributed by atoms with Crippen molar-refractivity contribution >= 4 is 47.3 Å². The highest BCUT2D eigenvalue weighted by Gasteiger charge is 2.14. The van der Waals surface area contributed by atoms with Crippen molar-refractivity contribution < 1.29 is 8.42 Å². The maximum absolute atomic E-state index is 10.9. The zero-order valence-electron chi connectivity index (χ0n) is 5.46. The van der Waals surface area contributed by atoms with Crippen LogP contribution in [0, 0.1) is 0 Å². The highest BCUT2D eigenvalue weighted by molar-refractivity contribution is 9.10. The molecule has 0 aromatic carbocycles. The molecule has 0 radical (unpaired) electrons. The molecule has 1 aromatic rings. The highest BCUT2D eigenvalue weighted by Crippen LogP contribution is 2.25. The number of hydrogen-bond acceptors (Lipinski definition) is 3. The van der Waals surface area contributed by atoms with Gasteiger partial charge in [-0.15, -0.1) is 0 Å². The summed E-state index contributed by atoms with van der Waals surface area (Å²) in [5.41, 5.74) is 0. The maximum atomic E-state index is 10.9. The molecule has 0 unspecified atom stereocenters. The molecule has 1 heterocycles. The molecular weight excluding hydrogens is 289 g/mol. The fraction of sp³-hybridized carbons (Fsp3) is 0. The van der Waals surface area contributed by atoms with Gasteiger partial charge in [-0.1, -0.05) is 11.6 Å². The second-order valence-corrected chi connectivity index (χ2v) is 5.65. The smallest absolute Gasteiger partial charge is 0.243 e. The van der Waals surface area contributed by atoms with E-state index < -0.39 is 9.05 Å². The normalized spacial score (nSPS) is 11.6. The van der Waals surface area contributed by atoms with E-state index in [1.807, 2.05) is 0 Å². The topological polar surface area (TPSA) is 47.0 Å². The molecule has 0 aliphatic heterocycles. The van der Waals surface area contributed by atoms with Crippen molar-refractivity contribution in [3.05, 3.63) is 21.9 Å². The Morgan fingerprint density at radius 2 is 2.08 bits per heavy atom. The number of nitrogens with zero attached hydrogens (tertiary/aromatic N) is 1. The lowest BCUT2D eigenvalue weighted by Gasteiger charge is -1.98. The van der Waals surface area contributed by atoms with Gasteiger partial charge < -0.3 is 0 Å². The van der Waals surface area contributed by atoms with Gasteiger partial charge in [-0.05, 0) is 22.0 Å². The van der Waals surface area contributed by atoms with E-state index in [0.717, 1.165) is 0 Å². The number of rotatable bonds is 1. The van der Waals surface area contributed by atoms with Gasteiger partial charge in [-0.25, -0.2) is 13.4 Å². The molecule has 0 atom stereocenters. The molecule has 12 heavy (non-hydrogen) atoms. The molecule has 0 N–H and O–H groups in total. The predicted molar refractivity (Wildman–Crippen MR) is 50.0 cm³/mol. The van der Waals surface area contributed by atoms with Crippen molar-refractivity contribution in [3.8, 4) is 0 Å². The second-order valence-electron chi connectivity index (χ2n) is 1.88. The van der Waals surface area contributed by atoms with Gasteiger partial charge >= 0.3 is 0 Å². The molecule has 0 saturated carbocycles. The quantitative estimate of drug-likeness (QED) is 0.589. The number of pyridine rings is 1. The van der Waals surface area contributed by atoms with Gasteiger partial charge in [0.05, 0.1) is 4.47 Å². The Morgan fingerprint density at radius 3 is 2.50 bits per heavy atom. The monoisotopic (exact) mass is 289 g/mol. The minimum absolute atomic E-state index is 0.0795. The Hall–Kier alpha value is 0.160. The third-order valence-electron chi connectivity index (χ3n) is 1.05. The minimum atomic E-state index is -3.76. The molecular formula is C5H2BrCl2NO2S.